The molecule has 0 bridgehead atoms. The Morgan fingerprint density at radius 3 is 2.58 bits per heavy atom. The molecule has 0 spiro atoms. The Labute approximate surface area is 151 Å². The predicted octanol–water partition coefficient (Wildman–Crippen LogP) is 2.53. The molecule has 0 N–H and O–H groups in total. The van der Waals surface area contributed by atoms with Crippen molar-refractivity contribution in [2.24, 2.45) is 7.05 Å². The van der Waals surface area contributed by atoms with Gasteiger partial charge in [-0.1, -0.05) is 6.07 Å². The second kappa shape index (κ2) is 7.39. The maximum absolute atomic E-state index is 13.3. The number of aryl methyl sites for hydroxylation is 1. The van der Waals surface area contributed by atoms with Crippen LogP contribution in [0.15, 0.2) is 47.3 Å². The average molecular weight is 355 g/mol. The number of halogens is 1. The van der Waals surface area contributed by atoms with Gasteiger partial charge in [-0.2, -0.15) is 5.10 Å². The van der Waals surface area contributed by atoms with Crippen LogP contribution in [0.3, 0.4) is 0 Å². The molecule has 1 aliphatic heterocycles. The van der Waals surface area contributed by atoms with E-state index in [0.717, 1.165) is 45.0 Å². The topological polar surface area (TPSA) is 50.3 Å². The zero-order chi connectivity index (χ0) is 17.9. The number of aromatic nitrogens is 3. The van der Waals surface area contributed by atoms with Crippen molar-refractivity contribution in [2.75, 3.05) is 26.2 Å². The van der Waals surface area contributed by atoms with Gasteiger partial charge in [0.25, 0.3) is 0 Å². The zero-order valence-corrected chi connectivity index (χ0v) is 14.8. The molecule has 0 aliphatic carbocycles. The first-order valence-corrected chi connectivity index (χ1v) is 8.78. The normalized spacial score (nSPS) is 16.2. The highest BCUT2D eigenvalue weighted by Gasteiger charge is 2.19. The second-order valence-corrected chi connectivity index (χ2v) is 6.73. The van der Waals surface area contributed by atoms with E-state index in [4.69, 9.17) is 4.42 Å². The number of oxazole rings is 1. The van der Waals surface area contributed by atoms with Crippen LogP contribution in [0.25, 0.3) is 11.5 Å². The highest BCUT2D eigenvalue weighted by atomic mass is 19.1. The Kier molecular flexibility index (Phi) is 4.81. The Morgan fingerprint density at radius 2 is 1.88 bits per heavy atom. The molecule has 0 radical (unpaired) electrons. The number of hydrogen-bond acceptors (Lipinski definition) is 5. The molecule has 1 aliphatic rings. The van der Waals surface area contributed by atoms with Gasteiger partial charge < -0.3 is 4.42 Å². The molecule has 3 aromatic rings. The van der Waals surface area contributed by atoms with Crippen LogP contribution < -0.4 is 0 Å². The number of benzene rings is 1. The largest absolute Gasteiger partial charge is 0.444 e. The average Bonchev–Trinajstić information content (AvgIpc) is 3.26. The molecule has 4 rings (SSSR count). The summed E-state index contributed by atoms with van der Waals surface area (Å²) in [6, 6.07) is 6.32. The third-order valence-corrected chi connectivity index (χ3v) is 4.64. The molecule has 0 amide bonds. The molecule has 1 aromatic carbocycles. The van der Waals surface area contributed by atoms with Crippen LogP contribution in [0.2, 0.25) is 0 Å². The molecule has 6 nitrogen and oxygen atoms in total. The molecule has 26 heavy (non-hydrogen) atoms. The summed E-state index contributed by atoms with van der Waals surface area (Å²) in [5.41, 5.74) is 2.79. The van der Waals surface area contributed by atoms with E-state index < -0.39 is 0 Å². The van der Waals surface area contributed by atoms with Gasteiger partial charge >= 0.3 is 0 Å². The maximum Gasteiger partial charge on any atom is 0.226 e. The summed E-state index contributed by atoms with van der Waals surface area (Å²) in [4.78, 5) is 9.31. The molecular formula is C19H22FN5O. The lowest BCUT2D eigenvalue weighted by Gasteiger charge is -2.33. The van der Waals surface area contributed by atoms with Crippen molar-refractivity contribution < 1.29 is 8.81 Å². The van der Waals surface area contributed by atoms with E-state index in [9.17, 15) is 4.39 Å². The molecule has 136 valence electrons. The summed E-state index contributed by atoms with van der Waals surface area (Å²) in [6.45, 7) is 5.70. The number of rotatable bonds is 5. The molecular weight excluding hydrogens is 333 g/mol. The summed E-state index contributed by atoms with van der Waals surface area (Å²) in [5.74, 6) is 0.182. The predicted molar refractivity (Wildman–Crippen MR) is 95.7 cm³/mol. The van der Waals surface area contributed by atoms with Crippen LogP contribution in [0.4, 0.5) is 4.39 Å². The van der Waals surface area contributed by atoms with Gasteiger partial charge in [-0.3, -0.25) is 14.5 Å². The Morgan fingerprint density at radius 1 is 1.12 bits per heavy atom. The van der Waals surface area contributed by atoms with Crippen molar-refractivity contribution in [2.45, 2.75) is 13.1 Å². The molecule has 3 heterocycles. The van der Waals surface area contributed by atoms with Gasteiger partial charge in [-0.15, -0.1) is 0 Å². The zero-order valence-electron chi connectivity index (χ0n) is 14.8. The van der Waals surface area contributed by atoms with Gasteiger partial charge in [0.05, 0.1) is 11.9 Å². The van der Waals surface area contributed by atoms with Gasteiger partial charge in [0.2, 0.25) is 5.89 Å². The van der Waals surface area contributed by atoms with Crippen LogP contribution in [0.1, 0.15) is 11.3 Å². The van der Waals surface area contributed by atoms with Crippen LogP contribution in [-0.4, -0.2) is 50.7 Å². The first-order valence-electron chi connectivity index (χ1n) is 8.78. The van der Waals surface area contributed by atoms with Crippen LogP contribution in [0, 0.1) is 5.82 Å². The first-order chi connectivity index (χ1) is 12.7. The van der Waals surface area contributed by atoms with E-state index in [1.807, 2.05) is 17.9 Å². The van der Waals surface area contributed by atoms with E-state index in [-0.39, 0.29) is 5.82 Å². The van der Waals surface area contributed by atoms with E-state index in [1.54, 1.807) is 18.4 Å². The van der Waals surface area contributed by atoms with E-state index >= 15 is 0 Å². The fourth-order valence-corrected chi connectivity index (χ4v) is 3.28. The van der Waals surface area contributed by atoms with Crippen LogP contribution in [0.5, 0.6) is 0 Å². The van der Waals surface area contributed by atoms with E-state index in [2.05, 4.69) is 26.1 Å². The Hall–Kier alpha value is -2.51. The highest BCUT2D eigenvalue weighted by molar-refractivity contribution is 5.52. The van der Waals surface area contributed by atoms with Gasteiger partial charge in [-0.05, 0) is 18.2 Å². The molecule has 0 saturated carbocycles. The van der Waals surface area contributed by atoms with Gasteiger partial charge in [-0.25, -0.2) is 9.37 Å². The molecule has 1 saturated heterocycles. The Balaban J connectivity index is 1.30. The number of piperazine rings is 1. The quantitative estimate of drug-likeness (QED) is 0.704. The van der Waals surface area contributed by atoms with Crippen molar-refractivity contribution in [3.05, 3.63) is 60.0 Å². The van der Waals surface area contributed by atoms with E-state index in [1.165, 1.54) is 17.7 Å². The number of nitrogens with zero attached hydrogens (tertiary/aromatic N) is 5. The van der Waals surface area contributed by atoms with Gasteiger partial charge in [0, 0.05) is 63.6 Å². The third-order valence-electron chi connectivity index (χ3n) is 4.64. The second-order valence-electron chi connectivity index (χ2n) is 6.73. The Bertz CT molecular complexity index is 866. The van der Waals surface area contributed by atoms with Crippen molar-refractivity contribution in [1.29, 1.82) is 0 Å². The minimum absolute atomic E-state index is 0.285. The maximum atomic E-state index is 13.3. The lowest BCUT2D eigenvalue weighted by atomic mass is 10.2. The fraction of sp³-hybridized carbons (Fsp3) is 0.368. The first kappa shape index (κ1) is 16.9. The van der Waals surface area contributed by atoms with Crippen molar-refractivity contribution in [1.82, 2.24) is 24.6 Å². The molecule has 7 heteroatoms. The molecule has 0 unspecified atom stereocenters. The molecule has 2 aromatic heterocycles. The third kappa shape index (κ3) is 4.00. The molecule has 0 atom stereocenters. The van der Waals surface area contributed by atoms with Crippen LogP contribution >= 0.6 is 0 Å². The molecule has 1 fully saturated rings. The van der Waals surface area contributed by atoms with Crippen molar-refractivity contribution in [3.63, 3.8) is 0 Å². The van der Waals surface area contributed by atoms with Crippen molar-refractivity contribution >= 4 is 0 Å². The van der Waals surface area contributed by atoms with Gasteiger partial charge in [0.1, 0.15) is 12.1 Å². The van der Waals surface area contributed by atoms with Crippen LogP contribution in [-0.2, 0) is 20.1 Å². The summed E-state index contributed by atoms with van der Waals surface area (Å²) in [5, 5.41) is 4.22. The minimum atomic E-state index is -0.285. The smallest absolute Gasteiger partial charge is 0.226 e. The van der Waals surface area contributed by atoms with Gasteiger partial charge in [0.15, 0.2) is 0 Å². The number of hydrogen-bond donors (Lipinski definition) is 0. The SMILES string of the molecule is Cn1cc(CN2CCN(Cc3coc(-c4cccc(F)c4)n3)CC2)cn1. The summed E-state index contributed by atoms with van der Waals surface area (Å²) in [6.07, 6.45) is 5.66. The summed E-state index contributed by atoms with van der Waals surface area (Å²) in [7, 11) is 1.94. The van der Waals surface area contributed by atoms with E-state index in [0.29, 0.717) is 11.5 Å². The lowest BCUT2D eigenvalue weighted by Crippen LogP contribution is -2.45. The summed E-state index contributed by atoms with van der Waals surface area (Å²) >= 11 is 0. The monoisotopic (exact) mass is 355 g/mol. The highest BCUT2D eigenvalue weighted by Crippen LogP contribution is 2.20. The standard InChI is InChI=1S/C19H22FN5O/c1-23-11-15(10-21-23)12-24-5-7-25(8-6-24)13-18-14-26-19(22-18)16-3-2-4-17(20)9-16/h2-4,9-11,14H,5-8,12-13H2,1H3. The summed E-state index contributed by atoms with van der Waals surface area (Å²) < 4.78 is 20.7. The fourth-order valence-electron chi connectivity index (χ4n) is 3.28. The minimum Gasteiger partial charge on any atom is -0.444 e. The lowest BCUT2D eigenvalue weighted by molar-refractivity contribution is 0.121. The van der Waals surface area contributed by atoms with Crippen molar-refractivity contribution in [3.8, 4) is 11.5 Å².